The third kappa shape index (κ3) is 3.42. The molecule has 0 saturated carbocycles. The van der Waals surface area contributed by atoms with Gasteiger partial charge in [0, 0.05) is 13.1 Å². The molecule has 0 spiro atoms. The summed E-state index contributed by atoms with van der Waals surface area (Å²) in [5.41, 5.74) is 2.34. The molecule has 1 aliphatic heterocycles. The van der Waals surface area contributed by atoms with E-state index in [-0.39, 0.29) is 18.2 Å². The van der Waals surface area contributed by atoms with Crippen molar-refractivity contribution in [3.8, 4) is 0 Å². The van der Waals surface area contributed by atoms with Crippen LogP contribution in [0.1, 0.15) is 12.2 Å². The molecule has 0 aromatic carbocycles. The number of carbonyl (C=O) groups is 2. The average molecular weight is 250 g/mol. The van der Waals surface area contributed by atoms with Gasteiger partial charge in [-0.2, -0.15) is 5.10 Å². The van der Waals surface area contributed by atoms with Crippen molar-refractivity contribution in [1.29, 1.82) is 0 Å². The third-order valence-corrected chi connectivity index (χ3v) is 2.45. The van der Waals surface area contributed by atoms with E-state index in [1.54, 1.807) is 12.1 Å². The SMILES string of the molecule is O=C(C[C@H]1NCCNC1=O)N/N=C\c1ccco1. The van der Waals surface area contributed by atoms with Gasteiger partial charge in [-0.3, -0.25) is 9.59 Å². The molecule has 1 fully saturated rings. The minimum atomic E-state index is -0.488. The first-order chi connectivity index (χ1) is 8.75. The Kier molecular flexibility index (Phi) is 4.08. The number of piperazine rings is 1. The highest BCUT2D eigenvalue weighted by atomic mass is 16.3. The summed E-state index contributed by atoms with van der Waals surface area (Å²) >= 11 is 0. The fraction of sp³-hybridized carbons (Fsp3) is 0.364. The second-order valence-corrected chi connectivity index (χ2v) is 3.81. The van der Waals surface area contributed by atoms with Crippen LogP contribution in [0.2, 0.25) is 0 Å². The van der Waals surface area contributed by atoms with E-state index in [1.807, 2.05) is 0 Å². The van der Waals surface area contributed by atoms with Gasteiger partial charge in [0.15, 0.2) is 0 Å². The standard InChI is InChI=1S/C11H14N4O3/c16-10(6-9-11(17)13-4-3-12-9)15-14-7-8-2-1-5-18-8/h1-2,5,7,9,12H,3-4,6H2,(H,13,17)(H,15,16)/b14-7-/t9-/m1/s1. The van der Waals surface area contributed by atoms with Crippen LogP contribution in [0.4, 0.5) is 0 Å². The molecular formula is C11H14N4O3. The number of nitrogens with one attached hydrogen (secondary N) is 3. The summed E-state index contributed by atoms with van der Waals surface area (Å²) in [5, 5.41) is 9.37. The summed E-state index contributed by atoms with van der Waals surface area (Å²) in [6, 6.07) is 2.95. The van der Waals surface area contributed by atoms with E-state index in [9.17, 15) is 9.59 Å². The van der Waals surface area contributed by atoms with Gasteiger partial charge in [0.25, 0.3) is 0 Å². The fourth-order valence-electron chi connectivity index (χ4n) is 1.58. The third-order valence-electron chi connectivity index (χ3n) is 2.45. The molecular weight excluding hydrogens is 236 g/mol. The molecule has 0 unspecified atom stereocenters. The quantitative estimate of drug-likeness (QED) is 0.482. The highest BCUT2D eigenvalue weighted by Gasteiger charge is 2.23. The number of carbonyl (C=O) groups excluding carboxylic acids is 2. The maximum absolute atomic E-state index is 11.5. The van der Waals surface area contributed by atoms with Crippen molar-refractivity contribution in [2.75, 3.05) is 13.1 Å². The number of hydrogen-bond acceptors (Lipinski definition) is 5. The van der Waals surface area contributed by atoms with Crippen molar-refractivity contribution < 1.29 is 14.0 Å². The van der Waals surface area contributed by atoms with Crippen LogP contribution < -0.4 is 16.1 Å². The van der Waals surface area contributed by atoms with Crippen LogP contribution in [0.3, 0.4) is 0 Å². The second kappa shape index (κ2) is 5.97. The first-order valence-corrected chi connectivity index (χ1v) is 5.62. The number of furan rings is 1. The zero-order valence-corrected chi connectivity index (χ0v) is 9.68. The maximum atomic E-state index is 11.5. The number of nitrogens with zero attached hydrogens (tertiary/aromatic N) is 1. The van der Waals surface area contributed by atoms with E-state index in [0.29, 0.717) is 18.8 Å². The first-order valence-electron chi connectivity index (χ1n) is 5.62. The largest absolute Gasteiger partial charge is 0.463 e. The van der Waals surface area contributed by atoms with Crippen LogP contribution in [-0.4, -0.2) is 37.2 Å². The number of rotatable bonds is 4. The minimum absolute atomic E-state index is 0.0569. The predicted molar refractivity (Wildman–Crippen MR) is 63.9 cm³/mol. The lowest BCUT2D eigenvalue weighted by Gasteiger charge is -2.22. The van der Waals surface area contributed by atoms with Crippen LogP contribution in [0.5, 0.6) is 0 Å². The van der Waals surface area contributed by atoms with E-state index in [1.165, 1.54) is 12.5 Å². The normalized spacial score (nSPS) is 19.8. The van der Waals surface area contributed by atoms with E-state index in [0.717, 1.165) is 0 Å². The Bertz CT molecular complexity index is 441. The highest BCUT2D eigenvalue weighted by molar-refractivity contribution is 5.89. The van der Waals surface area contributed by atoms with Crippen LogP contribution in [0, 0.1) is 0 Å². The zero-order chi connectivity index (χ0) is 12.8. The molecule has 7 heteroatoms. The number of hydrogen-bond donors (Lipinski definition) is 3. The molecule has 0 bridgehead atoms. The van der Waals surface area contributed by atoms with Gasteiger partial charge in [-0.25, -0.2) is 5.43 Å². The fourth-order valence-corrected chi connectivity index (χ4v) is 1.58. The summed E-state index contributed by atoms with van der Waals surface area (Å²) in [6.07, 6.45) is 2.97. The average Bonchev–Trinajstić information content (AvgIpc) is 2.85. The first kappa shape index (κ1) is 12.3. The zero-order valence-electron chi connectivity index (χ0n) is 9.68. The minimum Gasteiger partial charge on any atom is -0.463 e. The molecule has 1 atom stereocenters. The van der Waals surface area contributed by atoms with Crippen LogP contribution in [0.15, 0.2) is 27.9 Å². The maximum Gasteiger partial charge on any atom is 0.242 e. The molecule has 2 amide bonds. The van der Waals surface area contributed by atoms with Gasteiger partial charge in [0.05, 0.1) is 24.9 Å². The Morgan fingerprint density at radius 1 is 1.61 bits per heavy atom. The molecule has 1 aromatic heterocycles. The topological polar surface area (TPSA) is 95.7 Å². The molecule has 1 saturated heterocycles. The molecule has 0 radical (unpaired) electrons. The van der Waals surface area contributed by atoms with Crippen molar-refractivity contribution in [3.05, 3.63) is 24.2 Å². The summed E-state index contributed by atoms with van der Waals surface area (Å²) in [4.78, 5) is 22.9. The van der Waals surface area contributed by atoms with Crippen molar-refractivity contribution >= 4 is 18.0 Å². The van der Waals surface area contributed by atoms with E-state index < -0.39 is 6.04 Å². The number of hydrazone groups is 1. The molecule has 1 aromatic rings. The van der Waals surface area contributed by atoms with E-state index >= 15 is 0 Å². The Morgan fingerprint density at radius 2 is 2.50 bits per heavy atom. The van der Waals surface area contributed by atoms with Crippen molar-refractivity contribution in [2.24, 2.45) is 5.10 Å². The highest BCUT2D eigenvalue weighted by Crippen LogP contribution is 1.97. The van der Waals surface area contributed by atoms with Crippen molar-refractivity contribution in [3.63, 3.8) is 0 Å². The lowest BCUT2D eigenvalue weighted by molar-refractivity contribution is -0.129. The number of amides is 2. The van der Waals surface area contributed by atoms with Crippen molar-refractivity contribution in [2.45, 2.75) is 12.5 Å². The smallest absolute Gasteiger partial charge is 0.242 e. The van der Waals surface area contributed by atoms with Gasteiger partial charge >= 0.3 is 0 Å². The van der Waals surface area contributed by atoms with Gasteiger partial charge in [-0.05, 0) is 12.1 Å². The van der Waals surface area contributed by atoms with Gasteiger partial charge in [-0.15, -0.1) is 0 Å². The van der Waals surface area contributed by atoms with Crippen LogP contribution >= 0.6 is 0 Å². The monoisotopic (exact) mass is 250 g/mol. The Balaban J connectivity index is 1.76. The van der Waals surface area contributed by atoms with E-state index in [2.05, 4.69) is 21.2 Å². The molecule has 0 aliphatic carbocycles. The molecule has 3 N–H and O–H groups in total. The molecule has 2 rings (SSSR count). The molecule has 2 heterocycles. The van der Waals surface area contributed by atoms with Crippen LogP contribution in [-0.2, 0) is 9.59 Å². The lowest BCUT2D eigenvalue weighted by Crippen LogP contribution is -2.54. The van der Waals surface area contributed by atoms with Gasteiger partial charge in [0.2, 0.25) is 11.8 Å². The Morgan fingerprint density at radius 3 is 3.22 bits per heavy atom. The summed E-state index contributed by atoms with van der Waals surface area (Å²) in [6.45, 7) is 1.26. The predicted octanol–water partition coefficient (Wildman–Crippen LogP) is -0.792. The summed E-state index contributed by atoms with van der Waals surface area (Å²) < 4.78 is 5.01. The lowest BCUT2D eigenvalue weighted by atomic mass is 10.1. The van der Waals surface area contributed by atoms with Crippen LogP contribution in [0.25, 0.3) is 0 Å². The molecule has 96 valence electrons. The van der Waals surface area contributed by atoms with E-state index in [4.69, 9.17) is 4.42 Å². The molecule has 7 nitrogen and oxygen atoms in total. The Labute approximate surface area is 104 Å². The van der Waals surface area contributed by atoms with Gasteiger partial charge in [-0.1, -0.05) is 0 Å². The molecule has 18 heavy (non-hydrogen) atoms. The van der Waals surface area contributed by atoms with Gasteiger partial charge in [0.1, 0.15) is 5.76 Å². The second-order valence-electron chi connectivity index (χ2n) is 3.81. The Hall–Kier alpha value is -2.15. The summed E-state index contributed by atoms with van der Waals surface area (Å²) in [5.74, 6) is 0.0580. The summed E-state index contributed by atoms with van der Waals surface area (Å²) in [7, 11) is 0. The van der Waals surface area contributed by atoms with Crippen molar-refractivity contribution in [1.82, 2.24) is 16.1 Å². The van der Waals surface area contributed by atoms with Gasteiger partial charge < -0.3 is 15.1 Å². The molecule has 1 aliphatic rings.